The number of allylic oxidation sites excluding steroid dienone is 4. The predicted octanol–water partition coefficient (Wildman–Crippen LogP) is 6.43. The Labute approximate surface area is 109 Å². The highest BCUT2D eigenvalue weighted by Crippen LogP contribution is 2.06. The van der Waals surface area contributed by atoms with Crippen molar-refractivity contribution < 1.29 is 0 Å². The summed E-state index contributed by atoms with van der Waals surface area (Å²) in [6, 6.07) is 0. The van der Waals surface area contributed by atoms with Gasteiger partial charge >= 0.3 is 0 Å². The van der Waals surface area contributed by atoms with Gasteiger partial charge in [-0.2, -0.15) is 0 Å². The standard InChI is InChI=1S/C17H32/c1-3-5-7-9-11-13-15-17-16-14-12-10-8-6-4-2/h11,13,16-17H,3-10,12,14-15H2,1-2H3/b13-11-,17-16+. The van der Waals surface area contributed by atoms with Crippen LogP contribution in [0.1, 0.15) is 84.5 Å². The molecule has 0 saturated heterocycles. The Balaban J connectivity index is 3.13. The van der Waals surface area contributed by atoms with Crippen molar-refractivity contribution in [2.45, 2.75) is 84.5 Å². The van der Waals surface area contributed by atoms with Crippen molar-refractivity contribution in [1.29, 1.82) is 0 Å². The van der Waals surface area contributed by atoms with E-state index in [0.717, 1.165) is 6.42 Å². The third-order valence-corrected chi connectivity index (χ3v) is 3.05. The van der Waals surface area contributed by atoms with E-state index in [2.05, 4.69) is 38.2 Å². The molecule has 0 nitrogen and oxygen atoms in total. The fraction of sp³-hybridized carbons (Fsp3) is 0.765. The zero-order valence-electron chi connectivity index (χ0n) is 12.1. The van der Waals surface area contributed by atoms with Gasteiger partial charge in [0.2, 0.25) is 0 Å². The maximum absolute atomic E-state index is 2.35. The first-order chi connectivity index (χ1) is 8.41. The number of hydrogen-bond acceptors (Lipinski definition) is 0. The molecule has 0 aliphatic rings. The van der Waals surface area contributed by atoms with Crippen LogP contribution in [0, 0.1) is 0 Å². The van der Waals surface area contributed by atoms with Crippen LogP contribution < -0.4 is 0 Å². The summed E-state index contributed by atoms with van der Waals surface area (Å²) in [7, 11) is 0. The van der Waals surface area contributed by atoms with Gasteiger partial charge < -0.3 is 0 Å². The molecular weight excluding hydrogens is 204 g/mol. The summed E-state index contributed by atoms with van der Waals surface area (Å²) < 4.78 is 0. The van der Waals surface area contributed by atoms with E-state index in [0.29, 0.717) is 0 Å². The molecule has 0 aromatic carbocycles. The van der Waals surface area contributed by atoms with Crippen LogP contribution in [-0.4, -0.2) is 0 Å². The second-order valence-corrected chi connectivity index (χ2v) is 4.88. The van der Waals surface area contributed by atoms with Crippen molar-refractivity contribution in [3.63, 3.8) is 0 Å². The van der Waals surface area contributed by atoms with Crippen LogP contribution in [0.5, 0.6) is 0 Å². The summed E-state index contributed by atoms with van der Waals surface area (Å²) in [6.07, 6.45) is 24.0. The lowest BCUT2D eigenvalue weighted by atomic mass is 10.1. The quantitative estimate of drug-likeness (QED) is 0.270. The summed E-state index contributed by atoms with van der Waals surface area (Å²) in [5.41, 5.74) is 0. The van der Waals surface area contributed by atoms with Gasteiger partial charge in [-0.3, -0.25) is 0 Å². The second-order valence-electron chi connectivity index (χ2n) is 4.88. The van der Waals surface area contributed by atoms with E-state index in [1.807, 2.05) is 0 Å². The molecule has 0 atom stereocenters. The molecule has 0 saturated carbocycles. The Morgan fingerprint density at radius 2 is 1.00 bits per heavy atom. The van der Waals surface area contributed by atoms with Gasteiger partial charge in [-0.05, 0) is 32.1 Å². The first-order valence-corrected chi connectivity index (χ1v) is 7.71. The van der Waals surface area contributed by atoms with E-state index in [9.17, 15) is 0 Å². The van der Waals surface area contributed by atoms with Gasteiger partial charge in [0.25, 0.3) is 0 Å². The lowest BCUT2D eigenvalue weighted by molar-refractivity contribution is 0.637. The minimum Gasteiger partial charge on any atom is -0.0882 e. The van der Waals surface area contributed by atoms with E-state index in [-0.39, 0.29) is 0 Å². The third kappa shape index (κ3) is 15.5. The van der Waals surface area contributed by atoms with Crippen molar-refractivity contribution >= 4 is 0 Å². The molecule has 0 bridgehead atoms. The molecule has 0 spiro atoms. The highest BCUT2D eigenvalue weighted by Gasteiger charge is 1.86. The van der Waals surface area contributed by atoms with Crippen LogP contribution >= 0.6 is 0 Å². The van der Waals surface area contributed by atoms with Gasteiger partial charge in [0.1, 0.15) is 0 Å². The molecule has 0 heterocycles. The lowest BCUT2D eigenvalue weighted by Gasteiger charge is -1.95. The van der Waals surface area contributed by atoms with E-state index in [1.54, 1.807) is 0 Å². The summed E-state index contributed by atoms with van der Waals surface area (Å²) in [6.45, 7) is 4.53. The molecule has 0 amide bonds. The molecule has 0 rings (SSSR count). The summed E-state index contributed by atoms with van der Waals surface area (Å²) in [4.78, 5) is 0. The third-order valence-electron chi connectivity index (χ3n) is 3.05. The van der Waals surface area contributed by atoms with Crippen LogP contribution in [-0.2, 0) is 0 Å². The molecule has 0 unspecified atom stereocenters. The number of unbranched alkanes of at least 4 members (excludes halogenated alkanes) is 8. The first-order valence-electron chi connectivity index (χ1n) is 7.71. The SMILES string of the molecule is CCCCC/C=C\C/C=C/CCCCCCC. The second kappa shape index (κ2) is 15.5. The fourth-order valence-corrected chi connectivity index (χ4v) is 1.88. The summed E-state index contributed by atoms with van der Waals surface area (Å²) in [5, 5.41) is 0. The lowest BCUT2D eigenvalue weighted by Crippen LogP contribution is -1.75. The van der Waals surface area contributed by atoms with Gasteiger partial charge in [-0.25, -0.2) is 0 Å². The average Bonchev–Trinajstić information content (AvgIpc) is 2.35. The van der Waals surface area contributed by atoms with Gasteiger partial charge in [-0.1, -0.05) is 76.7 Å². The van der Waals surface area contributed by atoms with E-state index in [1.165, 1.54) is 64.2 Å². The number of rotatable bonds is 12. The summed E-state index contributed by atoms with van der Waals surface area (Å²) in [5.74, 6) is 0. The Morgan fingerprint density at radius 1 is 0.529 bits per heavy atom. The maximum Gasteiger partial charge on any atom is -0.0169 e. The normalized spacial score (nSPS) is 11.9. The molecular formula is C17H32. The van der Waals surface area contributed by atoms with E-state index < -0.39 is 0 Å². The maximum atomic E-state index is 2.35. The molecule has 0 radical (unpaired) electrons. The van der Waals surface area contributed by atoms with Crippen LogP contribution in [0.2, 0.25) is 0 Å². The van der Waals surface area contributed by atoms with E-state index >= 15 is 0 Å². The Kier molecular flexibility index (Phi) is 15.0. The van der Waals surface area contributed by atoms with Crippen molar-refractivity contribution in [3.8, 4) is 0 Å². The zero-order chi connectivity index (χ0) is 12.6. The van der Waals surface area contributed by atoms with E-state index in [4.69, 9.17) is 0 Å². The van der Waals surface area contributed by atoms with Crippen molar-refractivity contribution in [2.24, 2.45) is 0 Å². The van der Waals surface area contributed by atoms with Crippen molar-refractivity contribution in [3.05, 3.63) is 24.3 Å². The molecule has 0 aliphatic heterocycles. The molecule has 0 aromatic rings. The topological polar surface area (TPSA) is 0 Å². The smallest absolute Gasteiger partial charge is 0.0169 e. The Morgan fingerprint density at radius 3 is 1.59 bits per heavy atom. The zero-order valence-corrected chi connectivity index (χ0v) is 12.1. The summed E-state index contributed by atoms with van der Waals surface area (Å²) >= 11 is 0. The van der Waals surface area contributed by atoms with Crippen LogP contribution in [0.4, 0.5) is 0 Å². The van der Waals surface area contributed by atoms with Crippen molar-refractivity contribution in [1.82, 2.24) is 0 Å². The minimum atomic E-state index is 1.13. The highest BCUT2D eigenvalue weighted by molar-refractivity contribution is 4.92. The Hall–Kier alpha value is -0.520. The molecule has 100 valence electrons. The molecule has 0 aromatic heterocycles. The van der Waals surface area contributed by atoms with Crippen LogP contribution in [0.3, 0.4) is 0 Å². The molecule has 17 heavy (non-hydrogen) atoms. The van der Waals surface area contributed by atoms with Gasteiger partial charge in [0.15, 0.2) is 0 Å². The molecule has 0 N–H and O–H groups in total. The highest BCUT2D eigenvalue weighted by atomic mass is 13.9. The minimum absolute atomic E-state index is 1.13. The largest absolute Gasteiger partial charge is 0.0882 e. The van der Waals surface area contributed by atoms with Gasteiger partial charge in [0, 0.05) is 0 Å². The van der Waals surface area contributed by atoms with Gasteiger partial charge in [0.05, 0.1) is 0 Å². The Bertz CT molecular complexity index is 176. The molecule has 0 heteroatoms. The molecule has 0 fully saturated rings. The average molecular weight is 236 g/mol. The monoisotopic (exact) mass is 236 g/mol. The predicted molar refractivity (Wildman–Crippen MR) is 80.4 cm³/mol. The van der Waals surface area contributed by atoms with Crippen LogP contribution in [0.25, 0.3) is 0 Å². The first kappa shape index (κ1) is 16.5. The van der Waals surface area contributed by atoms with Crippen LogP contribution in [0.15, 0.2) is 24.3 Å². The fourth-order valence-electron chi connectivity index (χ4n) is 1.88. The van der Waals surface area contributed by atoms with Gasteiger partial charge in [-0.15, -0.1) is 0 Å². The number of hydrogen-bond donors (Lipinski definition) is 0. The van der Waals surface area contributed by atoms with Crippen molar-refractivity contribution in [2.75, 3.05) is 0 Å². The molecule has 0 aliphatic carbocycles.